The van der Waals surface area contributed by atoms with Crippen molar-refractivity contribution in [2.75, 3.05) is 12.4 Å². The first-order valence-corrected chi connectivity index (χ1v) is 8.76. The number of hydrogen-bond acceptors (Lipinski definition) is 4. The molecule has 0 aliphatic heterocycles. The van der Waals surface area contributed by atoms with Crippen LogP contribution in [0, 0.1) is 11.3 Å². The lowest BCUT2D eigenvalue weighted by Crippen LogP contribution is -2.28. The molecule has 4 nitrogen and oxygen atoms in total. The van der Waals surface area contributed by atoms with Crippen molar-refractivity contribution < 1.29 is 9.53 Å². The number of hydrogen-bond donors (Lipinski definition) is 1. The maximum Gasteiger partial charge on any atom is 0.230 e. The molecule has 0 aliphatic rings. The minimum atomic E-state index is -0.0915. The topological polar surface area (TPSA) is 62.1 Å². The van der Waals surface area contributed by atoms with Gasteiger partial charge in [-0.3, -0.25) is 4.79 Å². The minimum absolute atomic E-state index is 0.0225. The summed E-state index contributed by atoms with van der Waals surface area (Å²) in [5.41, 5.74) is 1.59. The highest BCUT2D eigenvalue weighted by Gasteiger charge is 2.10. The van der Waals surface area contributed by atoms with Gasteiger partial charge in [0.05, 0.1) is 30.0 Å². The summed E-state index contributed by atoms with van der Waals surface area (Å²) in [4.78, 5) is 13.1. The quantitative estimate of drug-likeness (QED) is 0.776. The van der Waals surface area contributed by atoms with Crippen molar-refractivity contribution in [2.24, 2.45) is 0 Å². The summed E-state index contributed by atoms with van der Waals surface area (Å²) < 4.78 is 5.40. The lowest BCUT2D eigenvalue weighted by Gasteiger charge is -2.14. The summed E-state index contributed by atoms with van der Waals surface area (Å²) >= 11 is 1.49. The standard InChI is InChI=1S/C19H20N2O2S/c1-3-23-17-8-10-18(11-9-17)24-13-19(22)21-14(2)16-6-4-15(12-20)5-7-16/h4-11,14H,3,13H2,1-2H3,(H,21,22). The van der Waals surface area contributed by atoms with Crippen molar-refractivity contribution in [3.8, 4) is 11.8 Å². The zero-order chi connectivity index (χ0) is 17.4. The third-order valence-corrected chi connectivity index (χ3v) is 4.43. The number of nitrogens with one attached hydrogen (secondary N) is 1. The van der Waals surface area contributed by atoms with Crippen molar-refractivity contribution in [1.29, 1.82) is 5.26 Å². The Hall–Kier alpha value is -2.45. The molecule has 2 rings (SSSR count). The van der Waals surface area contributed by atoms with Gasteiger partial charge in [0.2, 0.25) is 5.91 Å². The molecule has 5 heteroatoms. The van der Waals surface area contributed by atoms with Crippen molar-refractivity contribution in [3.63, 3.8) is 0 Å². The smallest absolute Gasteiger partial charge is 0.230 e. The average molecular weight is 340 g/mol. The van der Waals surface area contributed by atoms with Crippen LogP contribution in [-0.4, -0.2) is 18.3 Å². The van der Waals surface area contributed by atoms with Crippen LogP contribution in [-0.2, 0) is 4.79 Å². The number of nitriles is 1. The molecule has 0 fully saturated rings. The van der Waals surface area contributed by atoms with E-state index < -0.39 is 0 Å². The van der Waals surface area contributed by atoms with Crippen molar-refractivity contribution >= 4 is 17.7 Å². The highest BCUT2D eigenvalue weighted by Crippen LogP contribution is 2.21. The molecule has 2 aromatic carbocycles. The number of benzene rings is 2. The Morgan fingerprint density at radius 2 is 1.88 bits per heavy atom. The predicted octanol–water partition coefficient (Wildman–Crippen LogP) is 3.93. The van der Waals surface area contributed by atoms with Gasteiger partial charge < -0.3 is 10.1 Å². The highest BCUT2D eigenvalue weighted by atomic mass is 32.2. The van der Waals surface area contributed by atoms with Crippen molar-refractivity contribution in [1.82, 2.24) is 5.32 Å². The molecule has 1 unspecified atom stereocenters. The minimum Gasteiger partial charge on any atom is -0.494 e. The van der Waals surface area contributed by atoms with Gasteiger partial charge in [-0.15, -0.1) is 11.8 Å². The van der Waals surface area contributed by atoms with E-state index in [9.17, 15) is 4.79 Å². The van der Waals surface area contributed by atoms with E-state index in [4.69, 9.17) is 10.00 Å². The predicted molar refractivity (Wildman–Crippen MR) is 96.0 cm³/mol. The number of amides is 1. The Kier molecular flexibility index (Phi) is 6.71. The van der Waals surface area contributed by atoms with Crippen LogP contribution in [0.15, 0.2) is 53.4 Å². The summed E-state index contributed by atoms with van der Waals surface area (Å²) in [6, 6.07) is 16.9. The molecule has 0 radical (unpaired) electrons. The molecule has 0 aromatic heterocycles. The van der Waals surface area contributed by atoms with Gasteiger partial charge in [-0.1, -0.05) is 12.1 Å². The first-order chi connectivity index (χ1) is 11.6. The van der Waals surface area contributed by atoms with Crippen LogP contribution in [0.1, 0.15) is 31.0 Å². The number of rotatable bonds is 7. The number of nitrogens with zero attached hydrogens (tertiary/aromatic N) is 1. The largest absolute Gasteiger partial charge is 0.494 e. The molecule has 24 heavy (non-hydrogen) atoms. The van der Waals surface area contributed by atoms with Gasteiger partial charge in [0.25, 0.3) is 0 Å². The second kappa shape index (κ2) is 8.99. The fraction of sp³-hybridized carbons (Fsp3) is 0.263. The van der Waals surface area contributed by atoms with Crippen LogP contribution in [0.2, 0.25) is 0 Å². The summed E-state index contributed by atoms with van der Waals surface area (Å²) in [6.07, 6.45) is 0. The first kappa shape index (κ1) is 17.9. The van der Waals surface area contributed by atoms with Crippen LogP contribution in [0.5, 0.6) is 5.75 Å². The van der Waals surface area contributed by atoms with Crippen molar-refractivity contribution in [2.45, 2.75) is 24.8 Å². The maximum atomic E-state index is 12.1. The van der Waals surface area contributed by atoms with Crippen LogP contribution < -0.4 is 10.1 Å². The van der Waals surface area contributed by atoms with Crippen LogP contribution >= 0.6 is 11.8 Å². The Morgan fingerprint density at radius 1 is 1.21 bits per heavy atom. The van der Waals surface area contributed by atoms with E-state index in [1.807, 2.05) is 50.2 Å². The summed E-state index contributed by atoms with van der Waals surface area (Å²) in [6.45, 7) is 4.52. The second-order valence-corrected chi connectivity index (χ2v) is 6.26. The first-order valence-electron chi connectivity index (χ1n) is 7.77. The van der Waals surface area contributed by atoms with Crippen LogP contribution in [0.4, 0.5) is 0 Å². The summed E-state index contributed by atoms with van der Waals surface area (Å²) in [5, 5.41) is 11.8. The zero-order valence-electron chi connectivity index (χ0n) is 13.8. The number of carbonyl (C=O) groups excluding carboxylic acids is 1. The Morgan fingerprint density at radius 3 is 2.46 bits per heavy atom. The molecule has 0 spiro atoms. The maximum absolute atomic E-state index is 12.1. The second-order valence-electron chi connectivity index (χ2n) is 5.22. The average Bonchev–Trinajstić information content (AvgIpc) is 2.61. The van der Waals surface area contributed by atoms with Crippen molar-refractivity contribution in [3.05, 3.63) is 59.7 Å². The van der Waals surface area contributed by atoms with E-state index in [1.165, 1.54) is 11.8 Å². The van der Waals surface area contributed by atoms with Gasteiger partial charge in [-0.25, -0.2) is 0 Å². The fourth-order valence-electron chi connectivity index (χ4n) is 2.16. The third kappa shape index (κ3) is 5.32. The van der Waals surface area contributed by atoms with E-state index in [2.05, 4.69) is 11.4 Å². The van der Waals surface area contributed by atoms with Crippen LogP contribution in [0.25, 0.3) is 0 Å². The number of ether oxygens (including phenoxy) is 1. The molecule has 0 heterocycles. The molecular weight excluding hydrogens is 320 g/mol. The van der Waals surface area contributed by atoms with E-state index in [0.29, 0.717) is 17.9 Å². The van der Waals surface area contributed by atoms with E-state index in [-0.39, 0.29) is 11.9 Å². The monoisotopic (exact) mass is 340 g/mol. The fourth-order valence-corrected chi connectivity index (χ4v) is 2.87. The molecule has 0 saturated heterocycles. The lowest BCUT2D eigenvalue weighted by molar-refractivity contribution is -0.119. The van der Waals surface area contributed by atoms with E-state index in [1.54, 1.807) is 12.1 Å². The van der Waals surface area contributed by atoms with Gasteiger partial charge >= 0.3 is 0 Å². The van der Waals surface area contributed by atoms with Gasteiger partial charge in [0, 0.05) is 4.90 Å². The SMILES string of the molecule is CCOc1ccc(SCC(=O)NC(C)c2ccc(C#N)cc2)cc1. The lowest BCUT2D eigenvalue weighted by atomic mass is 10.1. The van der Waals surface area contributed by atoms with Gasteiger partial charge in [-0.2, -0.15) is 5.26 Å². The van der Waals surface area contributed by atoms with Gasteiger partial charge in [-0.05, 0) is 55.8 Å². The number of thioether (sulfide) groups is 1. The molecule has 1 amide bonds. The molecule has 0 saturated carbocycles. The Labute approximate surface area is 146 Å². The molecule has 1 N–H and O–H groups in total. The highest BCUT2D eigenvalue weighted by molar-refractivity contribution is 8.00. The third-order valence-electron chi connectivity index (χ3n) is 3.42. The summed E-state index contributed by atoms with van der Waals surface area (Å²) in [5.74, 6) is 1.17. The Balaban J connectivity index is 1.82. The number of carbonyl (C=O) groups is 1. The molecule has 1 atom stereocenters. The molecule has 124 valence electrons. The van der Waals surface area contributed by atoms with Crippen LogP contribution in [0.3, 0.4) is 0 Å². The summed E-state index contributed by atoms with van der Waals surface area (Å²) in [7, 11) is 0. The normalized spacial score (nSPS) is 11.4. The Bertz CT molecular complexity index is 706. The molecule has 0 bridgehead atoms. The van der Waals surface area contributed by atoms with E-state index >= 15 is 0 Å². The van der Waals surface area contributed by atoms with E-state index in [0.717, 1.165) is 16.2 Å². The van der Waals surface area contributed by atoms with Gasteiger partial charge in [0.1, 0.15) is 5.75 Å². The zero-order valence-corrected chi connectivity index (χ0v) is 14.6. The molecule has 0 aliphatic carbocycles. The van der Waals surface area contributed by atoms with Gasteiger partial charge in [0.15, 0.2) is 0 Å². The molecule has 2 aromatic rings. The molecular formula is C19H20N2O2S.